The molecule has 0 spiro atoms. The highest BCUT2D eigenvalue weighted by Gasteiger charge is 2.62. The van der Waals surface area contributed by atoms with Gasteiger partial charge in [-0.25, -0.2) is 0 Å². The van der Waals surface area contributed by atoms with Gasteiger partial charge in [-0.15, -0.1) is 0 Å². The highest BCUT2D eigenvalue weighted by Crippen LogP contribution is 2.67. The van der Waals surface area contributed by atoms with Crippen molar-refractivity contribution in [1.82, 2.24) is 0 Å². The van der Waals surface area contributed by atoms with Crippen LogP contribution in [-0.4, -0.2) is 11.2 Å². The van der Waals surface area contributed by atoms with Crippen molar-refractivity contribution >= 4 is 0 Å². The molecule has 0 aromatic heterocycles. The zero-order valence-corrected chi connectivity index (χ0v) is 7.09. The van der Waals surface area contributed by atoms with E-state index in [9.17, 15) is 5.11 Å². The van der Waals surface area contributed by atoms with E-state index in [0.29, 0.717) is 11.3 Å². The molecule has 11 heavy (non-hydrogen) atoms. The van der Waals surface area contributed by atoms with Gasteiger partial charge >= 0.3 is 0 Å². The van der Waals surface area contributed by atoms with Crippen LogP contribution in [0, 0.1) is 23.2 Å². The predicted molar refractivity (Wildman–Crippen MR) is 43.1 cm³/mol. The quantitative estimate of drug-likeness (QED) is 0.561. The second kappa shape index (κ2) is 1.66. The Morgan fingerprint density at radius 1 is 1.45 bits per heavy atom. The van der Waals surface area contributed by atoms with Crippen molar-refractivity contribution in [2.24, 2.45) is 23.2 Å². The van der Waals surface area contributed by atoms with Crippen LogP contribution in [0.4, 0.5) is 0 Å². The minimum Gasteiger partial charge on any atom is -0.393 e. The maximum absolute atomic E-state index is 9.77. The molecule has 0 aromatic carbocycles. The molecule has 0 heterocycles. The van der Waals surface area contributed by atoms with Crippen molar-refractivity contribution in [1.29, 1.82) is 0 Å². The molecule has 0 radical (unpaired) electrons. The third-order valence-corrected chi connectivity index (χ3v) is 4.61. The number of aliphatic hydroxyl groups is 1. The van der Waals surface area contributed by atoms with Gasteiger partial charge in [0.25, 0.3) is 0 Å². The predicted octanol–water partition coefficient (Wildman–Crippen LogP) is 1.80. The first-order chi connectivity index (χ1) is 5.21. The average molecular weight is 152 g/mol. The fourth-order valence-corrected chi connectivity index (χ4v) is 4.34. The molecule has 0 saturated heterocycles. The van der Waals surface area contributed by atoms with E-state index < -0.39 is 0 Å². The summed E-state index contributed by atoms with van der Waals surface area (Å²) < 4.78 is 0. The lowest BCUT2D eigenvalue weighted by Gasteiger charge is -2.34. The van der Waals surface area contributed by atoms with Crippen molar-refractivity contribution in [2.75, 3.05) is 0 Å². The molecular weight excluding hydrogens is 136 g/mol. The van der Waals surface area contributed by atoms with Gasteiger partial charge in [0, 0.05) is 0 Å². The highest BCUT2D eigenvalue weighted by atomic mass is 16.3. The molecule has 1 nitrogen and oxygen atoms in total. The first-order valence-electron chi connectivity index (χ1n) is 4.89. The summed E-state index contributed by atoms with van der Waals surface area (Å²) in [6.45, 7) is 2.39. The van der Waals surface area contributed by atoms with Crippen LogP contribution in [0.2, 0.25) is 0 Å². The summed E-state index contributed by atoms with van der Waals surface area (Å²) in [5.74, 6) is 2.50. The fourth-order valence-electron chi connectivity index (χ4n) is 4.34. The van der Waals surface area contributed by atoms with Crippen LogP contribution < -0.4 is 0 Å². The Balaban J connectivity index is 2.04. The SMILES string of the molecule is C[C@]12CC[C@H]3[C@H](C[C@@H](O)[C@H]31)C2. The Morgan fingerprint density at radius 3 is 2.82 bits per heavy atom. The molecular formula is C10H16O. The second-order valence-corrected chi connectivity index (χ2v) is 5.15. The number of rotatable bonds is 0. The molecule has 0 aromatic rings. The molecule has 62 valence electrons. The monoisotopic (exact) mass is 152 g/mol. The molecule has 3 saturated carbocycles. The molecule has 0 unspecified atom stereocenters. The van der Waals surface area contributed by atoms with Crippen LogP contribution in [0.1, 0.15) is 32.6 Å². The first kappa shape index (κ1) is 6.47. The maximum atomic E-state index is 9.77. The topological polar surface area (TPSA) is 20.2 Å². The van der Waals surface area contributed by atoms with Crippen molar-refractivity contribution in [3.05, 3.63) is 0 Å². The van der Waals surface area contributed by atoms with Gasteiger partial charge in [0.15, 0.2) is 0 Å². The summed E-state index contributed by atoms with van der Waals surface area (Å²) in [6, 6.07) is 0. The summed E-state index contributed by atoms with van der Waals surface area (Å²) in [7, 11) is 0. The van der Waals surface area contributed by atoms with Gasteiger partial charge in [0.2, 0.25) is 0 Å². The minimum absolute atomic E-state index is 0.0613. The van der Waals surface area contributed by atoms with Crippen LogP contribution in [0.3, 0.4) is 0 Å². The molecule has 1 heteroatoms. The molecule has 3 fully saturated rings. The largest absolute Gasteiger partial charge is 0.393 e. The van der Waals surface area contributed by atoms with Crippen LogP contribution in [0.25, 0.3) is 0 Å². The molecule has 1 N–H and O–H groups in total. The standard InChI is InChI=1S/C10H16O/c1-10-3-2-7-6(5-10)4-8(11)9(7)10/h6-9,11H,2-5H2,1H3/t6-,7+,8-,9+,10-/m1/s1. The van der Waals surface area contributed by atoms with Crippen molar-refractivity contribution in [3.63, 3.8) is 0 Å². The van der Waals surface area contributed by atoms with Crippen molar-refractivity contribution < 1.29 is 5.11 Å². The van der Waals surface area contributed by atoms with Gasteiger partial charge in [0.1, 0.15) is 0 Å². The zero-order chi connectivity index (χ0) is 7.64. The van der Waals surface area contributed by atoms with Crippen molar-refractivity contribution in [2.45, 2.75) is 38.7 Å². The lowest BCUT2D eigenvalue weighted by molar-refractivity contribution is 0.0398. The summed E-state index contributed by atoms with van der Waals surface area (Å²) in [5, 5.41) is 9.77. The van der Waals surface area contributed by atoms with Gasteiger partial charge in [-0.3, -0.25) is 0 Å². The van der Waals surface area contributed by atoms with Crippen molar-refractivity contribution in [3.8, 4) is 0 Å². The molecule has 0 amide bonds. The Morgan fingerprint density at radius 2 is 2.27 bits per heavy atom. The molecule has 3 aliphatic rings. The molecule has 5 atom stereocenters. The Hall–Kier alpha value is -0.0400. The van der Waals surface area contributed by atoms with E-state index in [1.165, 1.54) is 19.3 Å². The zero-order valence-electron chi connectivity index (χ0n) is 7.09. The van der Waals surface area contributed by atoms with E-state index in [2.05, 4.69) is 6.92 Å². The van der Waals surface area contributed by atoms with Gasteiger partial charge < -0.3 is 5.11 Å². The molecule has 4 bridgehead atoms. The van der Waals surface area contributed by atoms with Gasteiger partial charge in [0.05, 0.1) is 6.10 Å². The van der Waals surface area contributed by atoms with Crippen LogP contribution in [0.5, 0.6) is 0 Å². The molecule has 3 rings (SSSR count). The Bertz CT molecular complexity index is 201. The Labute approximate surface area is 67.8 Å². The van der Waals surface area contributed by atoms with Crippen LogP contribution >= 0.6 is 0 Å². The maximum Gasteiger partial charge on any atom is 0.0579 e. The fraction of sp³-hybridized carbons (Fsp3) is 1.00. The van der Waals surface area contributed by atoms with E-state index in [0.717, 1.165) is 18.3 Å². The number of hydrogen-bond donors (Lipinski definition) is 1. The number of hydrogen-bond acceptors (Lipinski definition) is 1. The highest BCUT2D eigenvalue weighted by molar-refractivity contribution is 5.11. The second-order valence-electron chi connectivity index (χ2n) is 5.15. The summed E-state index contributed by atoms with van der Waals surface area (Å²) in [4.78, 5) is 0. The van der Waals surface area contributed by atoms with E-state index in [1.807, 2.05) is 0 Å². The minimum atomic E-state index is 0.0613. The van der Waals surface area contributed by atoms with E-state index in [1.54, 1.807) is 0 Å². The normalized spacial score (nSPS) is 66.0. The first-order valence-corrected chi connectivity index (χ1v) is 4.89. The molecule has 3 aliphatic carbocycles. The van der Waals surface area contributed by atoms with E-state index >= 15 is 0 Å². The average Bonchev–Trinajstić information content (AvgIpc) is 2.46. The summed E-state index contributed by atoms with van der Waals surface area (Å²) in [5.41, 5.74) is 0.549. The van der Waals surface area contributed by atoms with Gasteiger partial charge in [-0.1, -0.05) is 6.92 Å². The lowest BCUT2D eigenvalue weighted by atomic mass is 9.73. The lowest BCUT2D eigenvalue weighted by Crippen LogP contribution is -2.31. The van der Waals surface area contributed by atoms with Crippen LogP contribution in [0.15, 0.2) is 0 Å². The summed E-state index contributed by atoms with van der Waals surface area (Å²) >= 11 is 0. The summed E-state index contributed by atoms with van der Waals surface area (Å²) in [6.07, 6.45) is 5.38. The van der Waals surface area contributed by atoms with E-state index in [4.69, 9.17) is 0 Å². The Kier molecular flexibility index (Phi) is 0.976. The third kappa shape index (κ3) is 0.581. The van der Waals surface area contributed by atoms with E-state index in [-0.39, 0.29) is 6.10 Å². The third-order valence-electron chi connectivity index (χ3n) is 4.61. The molecule has 0 aliphatic heterocycles. The van der Waals surface area contributed by atoms with Gasteiger partial charge in [-0.05, 0) is 48.9 Å². The van der Waals surface area contributed by atoms with Gasteiger partial charge in [-0.2, -0.15) is 0 Å². The van der Waals surface area contributed by atoms with Crippen LogP contribution in [-0.2, 0) is 0 Å². The smallest absolute Gasteiger partial charge is 0.0579 e. The number of aliphatic hydroxyl groups excluding tert-OH is 1.